The maximum atomic E-state index is 13.2. The average molecular weight is 464 g/mol. The number of anilines is 1. The maximum absolute atomic E-state index is 13.2. The van der Waals surface area contributed by atoms with Crippen LogP contribution in [0.3, 0.4) is 0 Å². The number of nitrogens with zero attached hydrogens (tertiary/aromatic N) is 3. The van der Waals surface area contributed by atoms with E-state index in [-0.39, 0.29) is 4.90 Å². The number of hydrogen-bond donors (Lipinski definition) is 0. The van der Waals surface area contributed by atoms with Gasteiger partial charge in [-0.1, -0.05) is 30.4 Å². The van der Waals surface area contributed by atoms with Gasteiger partial charge < -0.3 is 4.90 Å². The third kappa shape index (κ3) is 5.66. The van der Waals surface area contributed by atoms with Crippen LogP contribution in [0.15, 0.2) is 47.4 Å². The molecule has 0 fully saturated rings. The van der Waals surface area contributed by atoms with Crippen molar-refractivity contribution in [3.05, 3.63) is 53.8 Å². The quantitative estimate of drug-likeness (QED) is 0.452. The fourth-order valence-corrected chi connectivity index (χ4v) is 5.49. The lowest BCUT2D eigenvalue weighted by molar-refractivity contribution is -0.116. The van der Waals surface area contributed by atoms with Crippen molar-refractivity contribution in [3.8, 4) is 0 Å². The molecular formula is C22H26FN3O3S2. The number of aromatic nitrogens is 1. The molecule has 0 bridgehead atoms. The first-order valence-corrected chi connectivity index (χ1v) is 12.5. The molecule has 0 saturated heterocycles. The molecule has 3 aromatic rings. The highest BCUT2D eigenvalue weighted by Crippen LogP contribution is 2.31. The molecule has 0 saturated carbocycles. The van der Waals surface area contributed by atoms with Crippen LogP contribution in [0.25, 0.3) is 10.2 Å². The number of amides is 1. The maximum Gasteiger partial charge on any atom is 0.244 e. The van der Waals surface area contributed by atoms with Gasteiger partial charge in [0.2, 0.25) is 5.91 Å². The average Bonchev–Trinajstić information content (AvgIpc) is 3.14. The van der Waals surface area contributed by atoms with Crippen LogP contribution in [0.4, 0.5) is 9.52 Å². The minimum Gasteiger partial charge on any atom is -0.309 e. The molecule has 0 atom stereocenters. The van der Waals surface area contributed by atoms with E-state index in [2.05, 4.69) is 4.98 Å². The van der Waals surface area contributed by atoms with Gasteiger partial charge in [0.15, 0.2) is 15.0 Å². The van der Waals surface area contributed by atoms with E-state index in [1.807, 2.05) is 44.1 Å². The molecule has 166 valence electrons. The van der Waals surface area contributed by atoms with Crippen LogP contribution in [0.5, 0.6) is 0 Å². The Hall–Kier alpha value is -2.36. The number of para-hydroxylation sites is 1. The molecule has 9 heteroatoms. The summed E-state index contributed by atoms with van der Waals surface area (Å²) in [4.78, 5) is 21.2. The monoisotopic (exact) mass is 463 g/mol. The first-order valence-electron chi connectivity index (χ1n) is 10.0. The lowest BCUT2D eigenvalue weighted by Crippen LogP contribution is -2.37. The summed E-state index contributed by atoms with van der Waals surface area (Å²) in [7, 11) is -0.0233. The Balaban J connectivity index is 1.91. The van der Waals surface area contributed by atoms with Gasteiger partial charge in [-0.3, -0.25) is 9.69 Å². The highest BCUT2D eigenvalue weighted by Gasteiger charge is 2.26. The summed E-state index contributed by atoms with van der Waals surface area (Å²) in [6.45, 7) is 3.15. The van der Waals surface area contributed by atoms with E-state index in [0.717, 1.165) is 40.9 Å². The van der Waals surface area contributed by atoms with Crippen LogP contribution in [0.2, 0.25) is 0 Å². The lowest BCUT2D eigenvalue weighted by Gasteiger charge is -2.21. The predicted octanol–water partition coefficient (Wildman–Crippen LogP) is 3.76. The molecule has 0 unspecified atom stereocenters. The first-order chi connectivity index (χ1) is 14.7. The third-order valence-electron chi connectivity index (χ3n) is 4.88. The fraction of sp³-hybridized carbons (Fsp3) is 0.364. The minimum absolute atomic E-state index is 0.0759. The van der Waals surface area contributed by atoms with E-state index in [1.165, 1.54) is 28.4 Å². The minimum atomic E-state index is -3.90. The molecule has 0 aliphatic heterocycles. The summed E-state index contributed by atoms with van der Waals surface area (Å²) >= 11 is 1.38. The molecule has 0 N–H and O–H groups in total. The number of thiazole rings is 1. The topological polar surface area (TPSA) is 70.6 Å². The second-order valence-corrected chi connectivity index (χ2v) is 10.5. The number of benzene rings is 2. The SMILES string of the molecule is CCc1cccc2sc(N(CCCN(C)C)C(=O)CS(=O)(=O)c3ccc(F)cc3)nc12. The van der Waals surface area contributed by atoms with Crippen LogP contribution >= 0.6 is 11.3 Å². The molecule has 0 aliphatic rings. The van der Waals surface area contributed by atoms with Gasteiger partial charge in [0, 0.05) is 6.54 Å². The highest BCUT2D eigenvalue weighted by molar-refractivity contribution is 7.92. The van der Waals surface area contributed by atoms with Crippen molar-refractivity contribution < 1.29 is 17.6 Å². The molecule has 1 aromatic heterocycles. The molecule has 2 aromatic carbocycles. The normalized spacial score (nSPS) is 11.9. The number of halogens is 1. The molecule has 31 heavy (non-hydrogen) atoms. The number of hydrogen-bond acceptors (Lipinski definition) is 6. The van der Waals surface area contributed by atoms with E-state index in [4.69, 9.17) is 0 Å². The number of fused-ring (bicyclic) bond motifs is 1. The van der Waals surface area contributed by atoms with Crippen LogP contribution in [-0.2, 0) is 21.1 Å². The molecule has 6 nitrogen and oxygen atoms in total. The van der Waals surface area contributed by atoms with Gasteiger partial charge in [-0.15, -0.1) is 0 Å². The van der Waals surface area contributed by atoms with Crippen molar-refractivity contribution in [2.75, 3.05) is 37.8 Å². The van der Waals surface area contributed by atoms with Crippen LogP contribution in [0.1, 0.15) is 18.9 Å². The largest absolute Gasteiger partial charge is 0.309 e. The Morgan fingerprint density at radius 1 is 1.10 bits per heavy atom. The standard InChI is InChI=1S/C22H26FN3O3S2/c1-4-16-7-5-8-19-21(16)24-22(30-19)26(14-6-13-25(2)3)20(27)15-31(28,29)18-11-9-17(23)10-12-18/h5,7-12H,4,6,13-15H2,1-3H3. The summed E-state index contributed by atoms with van der Waals surface area (Å²) in [5, 5.41) is 0.494. The highest BCUT2D eigenvalue weighted by atomic mass is 32.2. The molecular weight excluding hydrogens is 437 g/mol. The van der Waals surface area contributed by atoms with Crippen molar-refractivity contribution in [1.29, 1.82) is 0 Å². The second kappa shape index (κ2) is 9.84. The first kappa shape index (κ1) is 23.3. The molecule has 0 aliphatic carbocycles. The van der Waals surface area contributed by atoms with E-state index < -0.39 is 27.3 Å². The van der Waals surface area contributed by atoms with Gasteiger partial charge >= 0.3 is 0 Å². The van der Waals surface area contributed by atoms with Gasteiger partial charge in [-0.05, 0) is 69.4 Å². The van der Waals surface area contributed by atoms with Gasteiger partial charge in [-0.2, -0.15) is 0 Å². The zero-order valence-corrected chi connectivity index (χ0v) is 19.5. The van der Waals surface area contributed by atoms with E-state index in [1.54, 1.807) is 0 Å². The van der Waals surface area contributed by atoms with E-state index in [9.17, 15) is 17.6 Å². The van der Waals surface area contributed by atoms with Gasteiger partial charge in [0.25, 0.3) is 0 Å². The van der Waals surface area contributed by atoms with E-state index >= 15 is 0 Å². The van der Waals surface area contributed by atoms with Gasteiger partial charge in [0.05, 0.1) is 15.1 Å². The lowest BCUT2D eigenvalue weighted by atomic mass is 10.1. The Bertz CT molecular complexity index is 1160. The summed E-state index contributed by atoms with van der Waals surface area (Å²) in [6, 6.07) is 10.4. The Labute approximate surface area is 186 Å². The van der Waals surface area contributed by atoms with Crippen LogP contribution in [-0.4, -0.2) is 57.1 Å². The molecule has 3 rings (SSSR count). The zero-order valence-electron chi connectivity index (χ0n) is 17.8. The summed E-state index contributed by atoms with van der Waals surface area (Å²) in [6.07, 6.45) is 1.49. The number of rotatable bonds is 9. The van der Waals surface area contributed by atoms with Crippen molar-refractivity contribution in [2.45, 2.75) is 24.7 Å². The predicted molar refractivity (Wildman–Crippen MR) is 123 cm³/mol. The molecule has 1 heterocycles. The van der Waals surface area contributed by atoms with Crippen LogP contribution in [0, 0.1) is 5.82 Å². The number of aryl methyl sites for hydroxylation is 1. The molecule has 0 spiro atoms. The van der Waals surface area contributed by atoms with Crippen molar-refractivity contribution in [3.63, 3.8) is 0 Å². The summed E-state index contributed by atoms with van der Waals surface area (Å²) in [5.41, 5.74) is 1.93. The number of carbonyl (C=O) groups excluding carboxylic acids is 1. The van der Waals surface area contributed by atoms with Crippen molar-refractivity contribution in [2.24, 2.45) is 0 Å². The third-order valence-corrected chi connectivity index (χ3v) is 7.54. The van der Waals surface area contributed by atoms with Crippen molar-refractivity contribution >= 4 is 42.4 Å². The van der Waals surface area contributed by atoms with E-state index in [0.29, 0.717) is 18.1 Å². The fourth-order valence-electron chi connectivity index (χ4n) is 3.23. The van der Waals surface area contributed by atoms with Gasteiger partial charge in [-0.25, -0.2) is 17.8 Å². The molecule has 1 amide bonds. The Kier molecular flexibility index (Phi) is 7.40. The summed E-state index contributed by atoms with van der Waals surface area (Å²) < 4.78 is 39.6. The van der Waals surface area contributed by atoms with Crippen molar-refractivity contribution in [1.82, 2.24) is 9.88 Å². The zero-order chi connectivity index (χ0) is 22.6. The van der Waals surface area contributed by atoms with Crippen LogP contribution < -0.4 is 4.90 Å². The smallest absolute Gasteiger partial charge is 0.244 e. The second-order valence-electron chi connectivity index (χ2n) is 7.53. The molecule has 0 radical (unpaired) electrons. The number of sulfone groups is 1. The Morgan fingerprint density at radius 3 is 2.45 bits per heavy atom. The number of carbonyl (C=O) groups is 1. The summed E-state index contributed by atoms with van der Waals surface area (Å²) in [5.74, 6) is -1.77. The van der Waals surface area contributed by atoms with Gasteiger partial charge in [0.1, 0.15) is 11.6 Å². The Morgan fingerprint density at radius 2 is 1.81 bits per heavy atom.